The van der Waals surface area contributed by atoms with Gasteiger partial charge >= 0.3 is 0 Å². The van der Waals surface area contributed by atoms with Crippen LogP contribution in [0.25, 0.3) is 0 Å². The van der Waals surface area contributed by atoms with Gasteiger partial charge in [0.1, 0.15) is 0 Å². The molecule has 0 spiro atoms. The molecule has 28 heavy (non-hydrogen) atoms. The van der Waals surface area contributed by atoms with Gasteiger partial charge in [0.05, 0.1) is 6.61 Å². The second kappa shape index (κ2) is 10.2. The Bertz CT molecular complexity index is 687. The van der Waals surface area contributed by atoms with Crippen molar-refractivity contribution in [2.45, 2.75) is 52.5 Å². The molecule has 2 aromatic carbocycles. The molecule has 0 heterocycles. The molecule has 152 valence electrons. The van der Waals surface area contributed by atoms with Gasteiger partial charge in [-0.3, -0.25) is 0 Å². The van der Waals surface area contributed by atoms with Crippen molar-refractivity contribution in [1.29, 1.82) is 0 Å². The summed E-state index contributed by atoms with van der Waals surface area (Å²) in [6.45, 7) is 12.1. The zero-order chi connectivity index (χ0) is 20.6. The Hall–Kier alpha value is -1.68. The minimum Gasteiger partial charge on any atom is -0.407 e. The van der Waals surface area contributed by atoms with E-state index in [-0.39, 0.29) is 11.6 Å². The average molecular weight is 397 g/mol. The predicted molar refractivity (Wildman–Crippen MR) is 123 cm³/mol. The largest absolute Gasteiger partial charge is 0.407 e. The molecule has 0 fully saturated rings. The molecule has 2 aromatic rings. The van der Waals surface area contributed by atoms with E-state index in [4.69, 9.17) is 4.43 Å². The number of allylic oxidation sites excluding steroid dienone is 1. The van der Waals surface area contributed by atoms with Gasteiger partial charge in [0.25, 0.3) is 8.32 Å². The fraction of sp³-hybridized carbons (Fsp3) is 0.440. The van der Waals surface area contributed by atoms with Crippen LogP contribution in [0.2, 0.25) is 5.04 Å². The number of hydrogen-bond acceptors (Lipinski definition) is 2. The van der Waals surface area contributed by atoms with Crippen molar-refractivity contribution in [3.8, 4) is 0 Å². The second-order valence-electron chi connectivity index (χ2n) is 8.61. The summed E-state index contributed by atoms with van der Waals surface area (Å²) in [5.41, 5.74) is 1.11. The highest BCUT2D eigenvalue weighted by molar-refractivity contribution is 6.99. The first-order chi connectivity index (χ1) is 13.3. The maximum Gasteiger partial charge on any atom is 0.261 e. The summed E-state index contributed by atoms with van der Waals surface area (Å²) in [6, 6.07) is 21.6. The zero-order valence-electron chi connectivity index (χ0n) is 18.1. The molecule has 2 nitrogen and oxygen atoms in total. The van der Waals surface area contributed by atoms with Gasteiger partial charge in [-0.2, -0.15) is 0 Å². The van der Waals surface area contributed by atoms with E-state index in [1.54, 1.807) is 0 Å². The normalized spacial score (nSPS) is 14.1. The van der Waals surface area contributed by atoms with E-state index in [9.17, 15) is 5.11 Å². The predicted octanol–water partition coefficient (Wildman–Crippen LogP) is 4.92. The van der Waals surface area contributed by atoms with Crippen LogP contribution in [0.15, 0.2) is 72.3 Å². The van der Waals surface area contributed by atoms with Gasteiger partial charge in [0.15, 0.2) is 0 Å². The molecule has 0 saturated heterocycles. The van der Waals surface area contributed by atoms with Crippen molar-refractivity contribution in [1.82, 2.24) is 0 Å². The van der Waals surface area contributed by atoms with E-state index in [0.717, 1.165) is 18.4 Å². The maximum atomic E-state index is 9.44. The van der Waals surface area contributed by atoms with E-state index >= 15 is 0 Å². The quantitative estimate of drug-likeness (QED) is 0.482. The molecule has 1 atom stereocenters. The number of benzene rings is 2. The summed E-state index contributed by atoms with van der Waals surface area (Å²) < 4.78 is 6.93. The van der Waals surface area contributed by atoms with Crippen LogP contribution in [0, 0.1) is 5.92 Å². The van der Waals surface area contributed by atoms with Crippen molar-refractivity contribution in [3.05, 3.63) is 72.3 Å². The topological polar surface area (TPSA) is 29.5 Å². The molecule has 0 radical (unpaired) electrons. The average Bonchev–Trinajstić information content (AvgIpc) is 2.70. The number of rotatable bonds is 9. The van der Waals surface area contributed by atoms with E-state index < -0.39 is 8.32 Å². The van der Waals surface area contributed by atoms with Crippen LogP contribution in [0.1, 0.15) is 47.5 Å². The first kappa shape index (κ1) is 22.6. The highest BCUT2D eigenvalue weighted by atomic mass is 28.4. The van der Waals surface area contributed by atoms with Gasteiger partial charge in [-0.15, -0.1) is 0 Å². The van der Waals surface area contributed by atoms with Gasteiger partial charge in [0.2, 0.25) is 0 Å². The van der Waals surface area contributed by atoms with Crippen LogP contribution in [0.4, 0.5) is 0 Å². The monoisotopic (exact) mass is 396 g/mol. The van der Waals surface area contributed by atoms with E-state index in [1.807, 2.05) is 0 Å². The molecular weight excluding hydrogens is 360 g/mol. The molecule has 0 aromatic heterocycles. The number of aliphatic hydroxyl groups excluding tert-OH is 1. The lowest BCUT2D eigenvalue weighted by Gasteiger charge is -2.43. The van der Waals surface area contributed by atoms with Crippen molar-refractivity contribution >= 4 is 18.7 Å². The third-order valence-electron chi connectivity index (χ3n) is 5.49. The zero-order valence-corrected chi connectivity index (χ0v) is 19.1. The van der Waals surface area contributed by atoms with Gasteiger partial charge in [-0.1, -0.05) is 101 Å². The van der Waals surface area contributed by atoms with Crippen LogP contribution in [-0.4, -0.2) is 26.6 Å². The van der Waals surface area contributed by atoms with Gasteiger partial charge in [-0.05, 0) is 39.7 Å². The molecule has 0 aliphatic rings. The summed E-state index contributed by atoms with van der Waals surface area (Å²) in [5.74, 6) is 0.389. The molecule has 0 saturated carbocycles. The maximum absolute atomic E-state index is 9.44. The van der Waals surface area contributed by atoms with Gasteiger partial charge < -0.3 is 9.53 Å². The minimum atomic E-state index is -2.44. The molecule has 1 N–H and O–H groups in total. The lowest BCUT2D eigenvalue weighted by Crippen LogP contribution is -2.66. The standard InChI is InChI=1S/C25H36O2Si/c1-6-22(20-26)19-21(2)17-18-27-28(25(3,4)5,23-13-9-7-10-14-23)24-15-11-8-12-16-24/h7-16,19,21,26H,6,17-18,20H2,1-5H3/b22-19-/t21-/m1/s1. The number of aliphatic hydroxyl groups is 1. The van der Waals surface area contributed by atoms with Crippen LogP contribution in [0.3, 0.4) is 0 Å². The van der Waals surface area contributed by atoms with Crippen LogP contribution < -0.4 is 10.4 Å². The molecule has 3 heteroatoms. The van der Waals surface area contributed by atoms with Crippen LogP contribution in [-0.2, 0) is 4.43 Å². The fourth-order valence-electron chi connectivity index (χ4n) is 3.93. The SMILES string of the molecule is CC/C(=C/[C@H](C)CCO[Si](c1ccccc1)(c1ccccc1)C(C)(C)C)CO. The second-order valence-corrected chi connectivity index (χ2v) is 12.9. The van der Waals surface area contributed by atoms with Crippen molar-refractivity contribution < 1.29 is 9.53 Å². The summed E-state index contributed by atoms with van der Waals surface area (Å²) in [5, 5.41) is 12.1. The number of hydrogen-bond donors (Lipinski definition) is 1. The summed E-state index contributed by atoms with van der Waals surface area (Å²) >= 11 is 0. The molecule has 0 amide bonds. The van der Waals surface area contributed by atoms with E-state index in [0.29, 0.717) is 12.5 Å². The third-order valence-corrected chi connectivity index (χ3v) is 10.5. The van der Waals surface area contributed by atoms with E-state index in [1.165, 1.54) is 10.4 Å². The summed E-state index contributed by atoms with van der Waals surface area (Å²) in [7, 11) is -2.44. The van der Waals surface area contributed by atoms with Crippen LogP contribution in [0.5, 0.6) is 0 Å². The third kappa shape index (κ3) is 5.22. The highest BCUT2D eigenvalue weighted by Crippen LogP contribution is 2.36. The Labute approximate surface area is 172 Å². The fourth-order valence-corrected chi connectivity index (χ4v) is 8.51. The first-order valence-electron chi connectivity index (χ1n) is 10.4. The molecule has 0 bridgehead atoms. The van der Waals surface area contributed by atoms with Crippen molar-refractivity contribution in [3.63, 3.8) is 0 Å². The van der Waals surface area contributed by atoms with Gasteiger partial charge in [0, 0.05) is 6.61 Å². The Morgan fingerprint density at radius 3 is 1.89 bits per heavy atom. The van der Waals surface area contributed by atoms with Crippen molar-refractivity contribution in [2.24, 2.45) is 5.92 Å². The Kier molecular flexibility index (Phi) is 8.23. The molecule has 0 unspecified atom stereocenters. The van der Waals surface area contributed by atoms with E-state index in [2.05, 4.69) is 101 Å². The van der Waals surface area contributed by atoms with Crippen LogP contribution >= 0.6 is 0 Å². The highest BCUT2D eigenvalue weighted by Gasteiger charge is 2.49. The van der Waals surface area contributed by atoms with Crippen molar-refractivity contribution in [2.75, 3.05) is 13.2 Å². The molecule has 0 aliphatic carbocycles. The Morgan fingerprint density at radius 2 is 1.50 bits per heavy atom. The molecule has 2 rings (SSSR count). The lowest BCUT2D eigenvalue weighted by atomic mass is 10.0. The molecular formula is C25H36O2Si. The summed E-state index contributed by atoms with van der Waals surface area (Å²) in [4.78, 5) is 0. The smallest absolute Gasteiger partial charge is 0.261 e. The first-order valence-corrected chi connectivity index (χ1v) is 12.3. The Morgan fingerprint density at radius 1 is 1.00 bits per heavy atom. The van der Waals surface area contributed by atoms with Gasteiger partial charge in [-0.25, -0.2) is 0 Å². The minimum absolute atomic E-state index is 0.00839. The lowest BCUT2D eigenvalue weighted by molar-refractivity contribution is 0.277. The summed E-state index contributed by atoms with van der Waals surface area (Å²) in [6.07, 6.45) is 4.05. The Balaban J connectivity index is 2.36. The molecule has 0 aliphatic heterocycles.